The van der Waals surface area contributed by atoms with Crippen LogP contribution in [-0.2, 0) is 10.1 Å². The number of aromatic nitrogens is 2. The lowest BCUT2D eigenvalue weighted by Crippen LogP contribution is -2.06. The monoisotopic (exact) mass is 296 g/mol. The molecule has 0 fully saturated rings. The number of nitrogens with zero attached hydrogens (tertiary/aromatic N) is 2. The number of alkyl halides is 1. The number of carbonyl (C=O) groups is 1. The number of rotatable bonds is 3. The smallest absolute Gasteiger partial charge is 0.341 e. The third-order valence-corrected chi connectivity index (χ3v) is 3.07. The molecule has 2 rings (SSSR count). The van der Waals surface area contributed by atoms with Crippen molar-refractivity contribution < 1.29 is 9.53 Å². The number of carbonyl (C=O) groups excluding carboxylic acids is 1. The molecule has 0 atom stereocenters. The first kappa shape index (κ1) is 12.1. The van der Waals surface area contributed by atoms with Crippen LogP contribution < -0.4 is 0 Å². The summed E-state index contributed by atoms with van der Waals surface area (Å²) in [5.74, 6) is -0.325. The lowest BCUT2D eigenvalue weighted by atomic mass is 10.3. The molecule has 0 aromatic carbocycles. The summed E-state index contributed by atoms with van der Waals surface area (Å²) in [7, 11) is 0. The zero-order valence-electron chi connectivity index (χ0n) is 9.74. The molecule has 2 aromatic rings. The van der Waals surface area contributed by atoms with Gasteiger partial charge in [-0.3, -0.25) is 0 Å². The second kappa shape index (κ2) is 4.87. The summed E-state index contributed by atoms with van der Waals surface area (Å²) in [6.07, 6.45) is 1.84. The lowest BCUT2D eigenvalue weighted by molar-refractivity contribution is 0.0528. The van der Waals surface area contributed by atoms with Gasteiger partial charge in [0, 0.05) is 17.2 Å². The molecule has 0 aliphatic heterocycles. The van der Waals surface area contributed by atoms with Crippen LogP contribution >= 0.6 is 15.9 Å². The van der Waals surface area contributed by atoms with Crippen molar-refractivity contribution >= 4 is 27.5 Å². The van der Waals surface area contributed by atoms with Crippen molar-refractivity contribution in [1.82, 2.24) is 9.38 Å². The summed E-state index contributed by atoms with van der Waals surface area (Å²) in [5, 5.41) is 0.664. The Labute approximate surface area is 108 Å². The summed E-state index contributed by atoms with van der Waals surface area (Å²) < 4.78 is 6.89. The number of hydrogen-bond donors (Lipinski definition) is 0. The molecule has 2 aromatic heterocycles. The van der Waals surface area contributed by atoms with Gasteiger partial charge in [-0.1, -0.05) is 15.9 Å². The Kier molecular flexibility index (Phi) is 3.47. The average Bonchev–Trinajstić information content (AvgIpc) is 2.73. The minimum atomic E-state index is -0.325. The molecule has 0 unspecified atom stereocenters. The van der Waals surface area contributed by atoms with E-state index in [2.05, 4.69) is 20.9 Å². The molecule has 0 N–H and O–H groups in total. The minimum Gasteiger partial charge on any atom is -0.462 e. The van der Waals surface area contributed by atoms with E-state index < -0.39 is 0 Å². The Bertz CT molecular complexity index is 563. The molecule has 4 nitrogen and oxygen atoms in total. The van der Waals surface area contributed by atoms with Gasteiger partial charge in [-0.25, -0.2) is 9.78 Å². The minimum absolute atomic E-state index is 0.325. The Balaban J connectivity index is 2.58. The Morgan fingerprint density at radius 3 is 3.00 bits per heavy atom. The first-order valence-corrected chi connectivity index (χ1v) is 6.50. The zero-order chi connectivity index (χ0) is 12.4. The normalized spacial score (nSPS) is 10.8. The van der Waals surface area contributed by atoms with Crippen molar-refractivity contribution in [1.29, 1.82) is 0 Å². The van der Waals surface area contributed by atoms with Crippen molar-refractivity contribution in [3.8, 4) is 0 Å². The fraction of sp³-hybridized carbons (Fsp3) is 0.333. The van der Waals surface area contributed by atoms with Crippen LogP contribution in [0.25, 0.3) is 5.65 Å². The second-order valence-corrected chi connectivity index (χ2v) is 4.23. The number of aryl methyl sites for hydroxylation is 1. The summed E-state index contributed by atoms with van der Waals surface area (Å²) in [5.41, 5.74) is 3.11. The van der Waals surface area contributed by atoms with Gasteiger partial charge in [-0.2, -0.15) is 0 Å². The first-order chi connectivity index (χ1) is 8.17. The maximum atomic E-state index is 11.7. The summed E-state index contributed by atoms with van der Waals surface area (Å²) >= 11 is 3.37. The van der Waals surface area contributed by atoms with E-state index in [1.807, 2.05) is 23.6 Å². The Morgan fingerprint density at radius 1 is 1.59 bits per heavy atom. The molecular weight excluding hydrogens is 284 g/mol. The molecular formula is C12H13BrN2O2. The number of hydrogen-bond acceptors (Lipinski definition) is 3. The Hall–Kier alpha value is -1.36. The van der Waals surface area contributed by atoms with Crippen molar-refractivity contribution in [3.63, 3.8) is 0 Å². The second-order valence-electron chi connectivity index (χ2n) is 3.67. The van der Waals surface area contributed by atoms with E-state index in [0.717, 1.165) is 11.4 Å². The van der Waals surface area contributed by atoms with Crippen LogP contribution in [0.3, 0.4) is 0 Å². The van der Waals surface area contributed by atoms with Crippen LogP contribution in [0.1, 0.15) is 28.7 Å². The van der Waals surface area contributed by atoms with Gasteiger partial charge in [0.25, 0.3) is 0 Å². The van der Waals surface area contributed by atoms with Crippen LogP contribution in [0.15, 0.2) is 18.3 Å². The predicted molar refractivity (Wildman–Crippen MR) is 68.5 cm³/mol. The van der Waals surface area contributed by atoms with Gasteiger partial charge in [0.2, 0.25) is 0 Å². The van der Waals surface area contributed by atoms with E-state index in [4.69, 9.17) is 4.74 Å². The van der Waals surface area contributed by atoms with Crippen molar-refractivity contribution in [2.45, 2.75) is 19.2 Å². The van der Waals surface area contributed by atoms with E-state index in [1.54, 1.807) is 13.0 Å². The quantitative estimate of drug-likeness (QED) is 0.646. The highest BCUT2D eigenvalue weighted by molar-refractivity contribution is 9.08. The standard InChI is InChI=1S/C12H13BrN2O2/c1-3-17-12(16)10-4-5-15-8(2)6-9(7-13)14-11(10)15/h4-6H,3,7H2,1-2H3. The van der Waals surface area contributed by atoms with E-state index in [9.17, 15) is 4.79 Å². The lowest BCUT2D eigenvalue weighted by Gasteiger charge is -2.05. The molecule has 2 heterocycles. The van der Waals surface area contributed by atoms with Gasteiger partial charge in [0.1, 0.15) is 5.56 Å². The highest BCUT2D eigenvalue weighted by atomic mass is 79.9. The summed E-state index contributed by atoms with van der Waals surface area (Å²) in [4.78, 5) is 16.2. The molecule has 0 radical (unpaired) electrons. The van der Waals surface area contributed by atoms with E-state index in [-0.39, 0.29) is 5.97 Å². The van der Waals surface area contributed by atoms with Gasteiger partial charge in [0.05, 0.1) is 12.3 Å². The van der Waals surface area contributed by atoms with Crippen LogP contribution in [0.5, 0.6) is 0 Å². The fourth-order valence-corrected chi connectivity index (χ4v) is 2.03. The molecule has 0 spiro atoms. The maximum absolute atomic E-state index is 11.7. The van der Waals surface area contributed by atoms with Crippen molar-refractivity contribution in [2.75, 3.05) is 6.61 Å². The van der Waals surface area contributed by atoms with Crippen molar-refractivity contribution in [3.05, 3.63) is 35.3 Å². The molecule has 0 aliphatic carbocycles. The van der Waals surface area contributed by atoms with Gasteiger partial charge >= 0.3 is 5.97 Å². The van der Waals surface area contributed by atoms with E-state index >= 15 is 0 Å². The van der Waals surface area contributed by atoms with Gasteiger partial charge in [0.15, 0.2) is 5.65 Å². The zero-order valence-corrected chi connectivity index (χ0v) is 11.3. The first-order valence-electron chi connectivity index (χ1n) is 5.38. The number of fused-ring (bicyclic) bond motifs is 1. The number of esters is 1. The highest BCUT2D eigenvalue weighted by Crippen LogP contribution is 2.16. The SMILES string of the molecule is CCOC(=O)c1ccn2c(C)cc(CBr)nc12. The predicted octanol–water partition coefficient (Wildman–Crippen LogP) is 2.71. The molecule has 5 heteroatoms. The fourth-order valence-electron chi connectivity index (χ4n) is 1.74. The summed E-state index contributed by atoms with van der Waals surface area (Å²) in [6.45, 7) is 4.14. The van der Waals surface area contributed by atoms with Gasteiger partial charge < -0.3 is 9.14 Å². The number of ether oxygens (including phenoxy) is 1. The van der Waals surface area contributed by atoms with E-state index in [1.165, 1.54) is 0 Å². The van der Waals surface area contributed by atoms with Crippen molar-refractivity contribution in [2.24, 2.45) is 0 Å². The molecule has 90 valence electrons. The average molecular weight is 297 g/mol. The topological polar surface area (TPSA) is 43.6 Å². The van der Waals surface area contributed by atoms with Crippen LogP contribution in [0.4, 0.5) is 0 Å². The largest absolute Gasteiger partial charge is 0.462 e. The molecule has 0 amide bonds. The molecule has 0 aliphatic rings. The Morgan fingerprint density at radius 2 is 2.35 bits per heavy atom. The van der Waals surface area contributed by atoms with Crippen LogP contribution in [0.2, 0.25) is 0 Å². The van der Waals surface area contributed by atoms with Crippen LogP contribution in [0, 0.1) is 6.92 Å². The molecule has 0 bridgehead atoms. The molecule has 0 saturated carbocycles. The number of halogens is 1. The summed E-state index contributed by atoms with van der Waals surface area (Å²) in [6, 6.07) is 3.72. The third-order valence-electron chi connectivity index (χ3n) is 2.50. The van der Waals surface area contributed by atoms with E-state index in [0.29, 0.717) is 23.1 Å². The van der Waals surface area contributed by atoms with Crippen LogP contribution in [-0.4, -0.2) is 22.0 Å². The molecule has 0 saturated heterocycles. The maximum Gasteiger partial charge on any atom is 0.341 e. The third kappa shape index (κ3) is 2.20. The molecule has 17 heavy (non-hydrogen) atoms. The van der Waals surface area contributed by atoms with Gasteiger partial charge in [-0.15, -0.1) is 0 Å². The highest BCUT2D eigenvalue weighted by Gasteiger charge is 2.15. The van der Waals surface area contributed by atoms with Gasteiger partial charge in [-0.05, 0) is 26.0 Å².